The summed E-state index contributed by atoms with van der Waals surface area (Å²) in [6.07, 6.45) is 3.99. The summed E-state index contributed by atoms with van der Waals surface area (Å²) < 4.78 is 0. The van der Waals surface area contributed by atoms with E-state index in [4.69, 9.17) is 15.7 Å². The smallest absolute Gasteiger partial charge is 0.208 e. The third-order valence-corrected chi connectivity index (χ3v) is 4.49. The van der Waals surface area contributed by atoms with Crippen LogP contribution in [0.1, 0.15) is 18.1 Å². The minimum absolute atomic E-state index is 0.158. The Hall–Kier alpha value is -3.81. The molecule has 0 unspecified atom stereocenters. The van der Waals surface area contributed by atoms with Gasteiger partial charge in [-0.2, -0.15) is 0 Å². The molecule has 0 saturated carbocycles. The first-order valence-corrected chi connectivity index (χ1v) is 8.44. The van der Waals surface area contributed by atoms with Crippen LogP contribution in [0.4, 0.5) is 0 Å². The Morgan fingerprint density at radius 1 is 0.733 bits per heavy atom. The number of phenols is 8. The predicted molar refractivity (Wildman–Crippen MR) is 113 cm³/mol. The monoisotopic (exact) mass is 408 g/mol. The maximum atomic E-state index is 10.2. The molecule has 0 aliphatic heterocycles. The Morgan fingerprint density at radius 2 is 1.20 bits per heavy atom. The zero-order chi connectivity index (χ0) is 22.9. The molecule has 0 spiro atoms. The molecule has 0 bridgehead atoms. The Bertz CT molecular complexity index is 1040. The van der Waals surface area contributed by atoms with Crippen molar-refractivity contribution in [1.82, 2.24) is 0 Å². The third kappa shape index (κ3) is 3.71. The normalized spacial score (nSPS) is 12.2. The molecule has 2 aromatic carbocycles. The van der Waals surface area contributed by atoms with E-state index in [-0.39, 0.29) is 34.0 Å². The number of rotatable bonds is 5. The van der Waals surface area contributed by atoms with Crippen LogP contribution in [-0.2, 0) is 6.42 Å². The fourth-order valence-electron chi connectivity index (χ4n) is 2.75. The van der Waals surface area contributed by atoms with Crippen LogP contribution in [0, 0.1) is 0 Å². The van der Waals surface area contributed by atoms with E-state index in [9.17, 15) is 40.9 Å². The lowest BCUT2D eigenvalue weighted by Gasteiger charge is -2.16. The molecule has 0 atom stereocenters. The number of benzene rings is 2. The zero-order valence-electron chi connectivity index (χ0n) is 15.9. The molecule has 0 heterocycles. The van der Waals surface area contributed by atoms with Crippen molar-refractivity contribution in [2.45, 2.75) is 13.3 Å². The van der Waals surface area contributed by atoms with Crippen molar-refractivity contribution < 1.29 is 40.9 Å². The van der Waals surface area contributed by atoms with Crippen LogP contribution in [0.3, 0.4) is 0 Å². The first-order valence-electron chi connectivity index (χ1n) is 8.44. The highest BCUT2D eigenvalue weighted by Crippen LogP contribution is 2.51. The lowest BCUT2D eigenvalue weighted by Crippen LogP contribution is -2.27. The van der Waals surface area contributed by atoms with Gasteiger partial charge in [-0.1, -0.05) is 41.3 Å². The van der Waals surface area contributed by atoms with Gasteiger partial charge in [0.25, 0.3) is 0 Å². The van der Waals surface area contributed by atoms with Gasteiger partial charge in [-0.25, -0.2) is 0 Å². The van der Waals surface area contributed by atoms with Gasteiger partial charge in [0.15, 0.2) is 23.0 Å². The predicted octanol–water partition coefficient (Wildman–Crippen LogP) is 0.677. The summed E-state index contributed by atoms with van der Waals surface area (Å²) in [5.74, 6) is -6.65. The van der Waals surface area contributed by atoms with E-state index in [0.717, 1.165) is 0 Å². The van der Waals surface area contributed by atoms with Crippen molar-refractivity contribution in [3.63, 3.8) is 0 Å². The largest absolute Gasteiger partial charge is 0.508 e. The van der Waals surface area contributed by atoms with Gasteiger partial charge in [0.1, 0.15) is 21.4 Å². The molecule has 8 N–H and O–H groups in total. The maximum Gasteiger partial charge on any atom is 0.208 e. The molecule has 2 aromatic rings. The van der Waals surface area contributed by atoms with Crippen molar-refractivity contribution >= 4 is 32.2 Å². The molecule has 0 aliphatic carbocycles. The first-order chi connectivity index (χ1) is 13.9. The summed E-state index contributed by atoms with van der Waals surface area (Å²) in [6, 6.07) is 0. The minimum Gasteiger partial charge on any atom is -0.508 e. The average molecular weight is 408 g/mol. The summed E-state index contributed by atoms with van der Waals surface area (Å²) in [5, 5.41) is 78.7. The molecule has 0 fully saturated rings. The summed E-state index contributed by atoms with van der Waals surface area (Å²) in [7, 11) is 11.2. The Labute approximate surface area is 174 Å². The number of hydrogen-bond acceptors (Lipinski definition) is 8. The molecule has 8 nitrogen and oxygen atoms in total. The van der Waals surface area contributed by atoms with Gasteiger partial charge in [-0.15, -0.1) is 0 Å². The second-order valence-electron chi connectivity index (χ2n) is 6.43. The molecular formula is C20H18B2O8. The van der Waals surface area contributed by atoms with Crippen LogP contribution < -0.4 is 10.9 Å². The second-order valence-corrected chi connectivity index (χ2v) is 6.43. The maximum absolute atomic E-state index is 10.2. The summed E-state index contributed by atoms with van der Waals surface area (Å²) in [4.78, 5) is 0. The van der Waals surface area contributed by atoms with Crippen molar-refractivity contribution in [2.75, 3.05) is 0 Å². The molecule has 0 saturated heterocycles. The van der Waals surface area contributed by atoms with E-state index < -0.39 is 46.0 Å². The Kier molecular flexibility index (Phi) is 6.20. The lowest BCUT2D eigenvalue weighted by molar-refractivity contribution is 0.325. The molecule has 0 amide bonds. The lowest BCUT2D eigenvalue weighted by atomic mass is 9.77. The minimum atomic E-state index is -1.06. The molecule has 30 heavy (non-hydrogen) atoms. The van der Waals surface area contributed by atoms with Gasteiger partial charge in [0.05, 0.1) is 5.56 Å². The van der Waals surface area contributed by atoms with Crippen LogP contribution in [0.15, 0.2) is 30.4 Å². The van der Waals surface area contributed by atoms with Crippen LogP contribution in [0.5, 0.6) is 46.0 Å². The van der Waals surface area contributed by atoms with E-state index in [2.05, 4.69) is 6.58 Å². The highest BCUT2D eigenvalue weighted by molar-refractivity contribution is 6.51. The first kappa shape index (κ1) is 22.5. The van der Waals surface area contributed by atoms with Gasteiger partial charge in [0, 0.05) is 5.56 Å². The van der Waals surface area contributed by atoms with E-state index in [1.54, 1.807) is 6.92 Å². The number of phenolic OH excluding ortho intramolecular Hbond substituents is 8. The average Bonchev–Trinajstić information content (AvgIpc) is 2.72. The van der Waals surface area contributed by atoms with Crippen LogP contribution in [0.2, 0.25) is 0 Å². The topological polar surface area (TPSA) is 162 Å². The van der Waals surface area contributed by atoms with Crippen LogP contribution in [-0.4, -0.2) is 56.5 Å². The third-order valence-electron chi connectivity index (χ3n) is 4.49. The van der Waals surface area contributed by atoms with E-state index >= 15 is 0 Å². The molecule has 0 aliphatic rings. The van der Waals surface area contributed by atoms with E-state index in [1.165, 1.54) is 18.2 Å². The van der Waals surface area contributed by atoms with Crippen molar-refractivity contribution in [2.24, 2.45) is 0 Å². The van der Waals surface area contributed by atoms with Gasteiger partial charge in [-0.3, -0.25) is 0 Å². The van der Waals surface area contributed by atoms with Gasteiger partial charge in [-0.05, 0) is 18.9 Å². The fraction of sp³-hybridized carbons (Fsp3) is 0.100. The highest BCUT2D eigenvalue weighted by atomic mass is 16.4. The number of allylic oxidation sites excluding steroid dienone is 5. The van der Waals surface area contributed by atoms with Crippen LogP contribution >= 0.6 is 0 Å². The van der Waals surface area contributed by atoms with Gasteiger partial charge >= 0.3 is 0 Å². The Balaban J connectivity index is 2.52. The van der Waals surface area contributed by atoms with Gasteiger partial charge in [0.2, 0.25) is 17.2 Å². The molecule has 4 radical (unpaired) electrons. The number of aromatic hydroxyl groups is 8. The summed E-state index contributed by atoms with van der Waals surface area (Å²) >= 11 is 0. The molecule has 0 aromatic heterocycles. The quantitative estimate of drug-likeness (QED) is 0.155. The zero-order valence-corrected chi connectivity index (χ0v) is 15.9. The summed E-state index contributed by atoms with van der Waals surface area (Å²) in [5.41, 5.74) is -0.569. The second kappa shape index (κ2) is 8.28. The van der Waals surface area contributed by atoms with E-state index in [0.29, 0.717) is 5.57 Å². The molecular weight excluding hydrogens is 390 g/mol. The molecule has 152 valence electrons. The highest BCUT2D eigenvalue weighted by Gasteiger charge is 2.22. The standard InChI is InChI=1S/C20H18B2O8/c1-3-8(10-15(25)11(21)12(22)17(27)16(10)26)6-7(2)4-5-9-13(23)18(28)20(30)19(29)14(9)24/h3-4,6,23-30H,1,5H2,2H3/b7-4-,8-6+. The molecule has 2 rings (SSSR count). The SMILES string of the molecule is [B]c1c([B])c(O)c(/C(C=C)=C/C(C)=C\Cc2c(O)c(O)c(O)c(O)c2O)c(O)c1O. The summed E-state index contributed by atoms with van der Waals surface area (Å²) in [6.45, 7) is 5.18. The molecule has 10 heteroatoms. The van der Waals surface area contributed by atoms with Crippen molar-refractivity contribution in [1.29, 1.82) is 0 Å². The van der Waals surface area contributed by atoms with Crippen molar-refractivity contribution in [3.8, 4) is 46.0 Å². The number of hydrogen-bond donors (Lipinski definition) is 8. The van der Waals surface area contributed by atoms with E-state index in [1.807, 2.05) is 0 Å². The fourth-order valence-corrected chi connectivity index (χ4v) is 2.75. The van der Waals surface area contributed by atoms with Gasteiger partial charge < -0.3 is 40.9 Å². The van der Waals surface area contributed by atoms with Crippen LogP contribution in [0.25, 0.3) is 5.57 Å². The Morgan fingerprint density at radius 3 is 1.70 bits per heavy atom. The van der Waals surface area contributed by atoms with Crippen molar-refractivity contribution in [3.05, 3.63) is 41.5 Å².